The summed E-state index contributed by atoms with van der Waals surface area (Å²) in [5, 5.41) is 28.4. The highest BCUT2D eigenvalue weighted by atomic mass is 16.6. The number of nitro groups is 1. The van der Waals surface area contributed by atoms with E-state index in [0.717, 1.165) is 0 Å². The number of aliphatic hydroxyl groups is 1. The van der Waals surface area contributed by atoms with E-state index in [1.807, 2.05) is 0 Å². The average Bonchev–Trinajstić information content (AvgIpc) is 2.91. The zero-order chi connectivity index (χ0) is 15.8. The van der Waals surface area contributed by atoms with Crippen molar-refractivity contribution in [1.82, 2.24) is 9.78 Å². The third-order valence-corrected chi connectivity index (χ3v) is 3.24. The molecule has 0 aliphatic heterocycles. The van der Waals surface area contributed by atoms with Crippen LogP contribution in [0.25, 0.3) is 0 Å². The number of rotatable bonds is 5. The molecule has 21 heavy (non-hydrogen) atoms. The Bertz CT molecular complexity index is 672. The van der Waals surface area contributed by atoms with Gasteiger partial charge in [0.2, 0.25) is 5.82 Å². The maximum atomic E-state index is 11.1. The molecule has 114 valence electrons. The molecular formula is C13H18N4O4. The van der Waals surface area contributed by atoms with Crippen LogP contribution in [0.2, 0.25) is 0 Å². The summed E-state index contributed by atoms with van der Waals surface area (Å²) >= 11 is 0. The first-order valence-corrected chi connectivity index (χ1v) is 6.43. The maximum absolute atomic E-state index is 11.1. The summed E-state index contributed by atoms with van der Waals surface area (Å²) in [4.78, 5) is 10.6. The first kappa shape index (κ1) is 15.0. The van der Waals surface area contributed by atoms with Gasteiger partial charge in [-0.05, 0) is 32.9 Å². The molecule has 1 atom stereocenters. The summed E-state index contributed by atoms with van der Waals surface area (Å²) in [7, 11) is 1.61. The van der Waals surface area contributed by atoms with E-state index in [4.69, 9.17) is 4.42 Å². The Kier molecular flexibility index (Phi) is 3.73. The van der Waals surface area contributed by atoms with Crippen LogP contribution < -0.4 is 5.32 Å². The molecule has 2 rings (SSSR count). The second-order valence-corrected chi connectivity index (χ2v) is 5.20. The van der Waals surface area contributed by atoms with E-state index in [0.29, 0.717) is 17.2 Å². The van der Waals surface area contributed by atoms with Gasteiger partial charge in [0.25, 0.3) is 0 Å². The lowest BCUT2D eigenvalue weighted by Gasteiger charge is -2.21. The second-order valence-electron chi connectivity index (χ2n) is 5.20. The molecule has 0 saturated heterocycles. The third kappa shape index (κ3) is 2.89. The van der Waals surface area contributed by atoms with Crippen molar-refractivity contribution in [1.29, 1.82) is 0 Å². The van der Waals surface area contributed by atoms with Gasteiger partial charge in [0.15, 0.2) is 0 Å². The smallest absolute Gasteiger partial charge is 0.333 e. The molecule has 2 heterocycles. The minimum atomic E-state index is -1.29. The van der Waals surface area contributed by atoms with Crippen molar-refractivity contribution in [2.45, 2.75) is 26.4 Å². The summed E-state index contributed by atoms with van der Waals surface area (Å²) in [6.45, 7) is 4.98. The molecule has 0 aliphatic rings. The molecule has 8 nitrogen and oxygen atoms in total. The van der Waals surface area contributed by atoms with Crippen molar-refractivity contribution >= 4 is 11.5 Å². The fourth-order valence-electron chi connectivity index (χ4n) is 2.13. The number of aryl methyl sites for hydroxylation is 3. The van der Waals surface area contributed by atoms with E-state index in [2.05, 4.69) is 10.4 Å². The van der Waals surface area contributed by atoms with Gasteiger partial charge in [0.1, 0.15) is 22.8 Å². The molecule has 8 heteroatoms. The Hall–Kier alpha value is -2.35. The van der Waals surface area contributed by atoms with Crippen LogP contribution >= 0.6 is 0 Å². The number of anilines is 1. The van der Waals surface area contributed by atoms with Gasteiger partial charge in [-0.1, -0.05) is 0 Å². The first-order chi connectivity index (χ1) is 9.72. The van der Waals surface area contributed by atoms with Crippen molar-refractivity contribution in [2.75, 3.05) is 11.9 Å². The van der Waals surface area contributed by atoms with E-state index in [9.17, 15) is 15.2 Å². The van der Waals surface area contributed by atoms with Crippen LogP contribution in [-0.2, 0) is 12.6 Å². The molecular weight excluding hydrogens is 276 g/mol. The number of aromatic nitrogens is 2. The van der Waals surface area contributed by atoms with E-state index >= 15 is 0 Å². The Balaban J connectivity index is 2.22. The number of nitrogens with one attached hydrogen (secondary N) is 1. The quantitative estimate of drug-likeness (QED) is 0.644. The van der Waals surface area contributed by atoms with E-state index in [-0.39, 0.29) is 18.1 Å². The molecule has 0 bridgehead atoms. The maximum Gasteiger partial charge on any atom is 0.333 e. The normalized spacial score (nSPS) is 14.0. The number of furan rings is 1. The van der Waals surface area contributed by atoms with Crippen LogP contribution in [0.3, 0.4) is 0 Å². The predicted molar refractivity (Wildman–Crippen MR) is 76.1 cm³/mol. The summed E-state index contributed by atoms with van der Waals surface area (Å²) < 4.78 is 6.79. The molecule has 2 aromatic rings. The largest absolute Gasteiger partial charge is 0.463 e. The highest BCUT2D eigenvalue weighted by molar-refractivity contribution is 5.59. The molecule has 0 fully saturated rings. The fraction of sp³-hybridized carbons (Fsp3) is 0.462. The Labute approximate surface area is 121 Å². The van der Waals surface area contributed by atoms with Gasteiger partial charge in [-0.25, -0.2) is 4.68 Å². The van der Waals surface area contributed by atoms with Crippen LogP contribution in [0.15, 0.2) is 16.5 Å². The molecule has 0 spiro atoms. The first-order valence-electron chi connectivity index (χ1n) is 6.43. The molecule has 0 aliphatic carbocycles. The van der Waals surface area contributed by atoms with Gasteiger partial charge in [0.05, 0.1) is 11.5 Å². The molecule has 2 N–H and O–H groups in total. The van der Waals surface area contributed by atoms with Crippen molar-refractivity contribution < 1.29 is 14.4 Å². The molecule has 0 aromatic carbocycles. The lowest BCUT2D eigenvalue weighted by molar-refractivity contribution is -0.384. The molecule has 0 radical (unpaired) electrons. The second kappa shape index (κ2) is 5.21. The zero-order valence-corrected chi connectivity index (χ0v) is 12.4. The van der Waals surface area contributed by atoms with Crippen molar-refractivity contribution in [2.24, 2.45) is 7.05 Å². The minimum Gasteiger partial charge on any atom is -0.463 e. The molecule has 2 aromatic heterocycles. The minimum absolute atomic E-state index is 0.0553. The van der Waals surface area contributed by atoms with Crippen molar-refractivity contribution in [3.05, 3.63) is 39.5 Å². The van der Waals surface area contributed by atoms with Crippen LogP contribution in [0.4, 0.5) is 11.5 Å². The number of hydrogen-bond acceptors (Lipinski definition) is 6. The zero-order valence-electron chi connectivity index (χ0n) is 12.4. The van der Waals surface area contributed by atoms with E-state index in [1.54, 1.807) is 40.0 Å². The summed E-state index contributed by atoms with van der Waals surface area (Å²) in [6, 6.07) is 3.43. The van der Waals surface area contributed by atoms with Crippen LogP contribution in [0, 0.1) is 24.0 Å². The highest BCUT2D eigenvalue weighted by Crippen LogP contribution is 2.29. The van der Waals surface area contributed by atoms with Gasteiger partial charge < -0.3 is 14.8 Å². The van der Waals surface area contributed by atoms with Gasteiger partial charge >= 0.3 is 5.69 Å². The van der Waals surface area contributed by atoms with Crippen molar-refractivity contribution in [3.63, 3.8) is 0 Å². The standard InChI is InChI=1S/C13H18N4O4/c1-8-5-6-10(21-8)13(3,18)7-14-12-11(17(19)20)9(2)15-16(12)4/h5-6,14,18H,7H2,1-4H3. The Morgan fingerprint density at radius 3 is 2.71 bits per heavy atom. The predicted octanol–water partition coefficient (Wildman–Crippen LogP) is 1.86. The lowest BCUT2D eigenvalue weighted by Crippen LogP contribution is -2.31. The topological polar surface area (TPSA) is 106 Å². The number of hydrogen-bond donors (Lipinski definition) is 2. The SMILES string of the molecule is Cc1ccc(C(C)(O)CNc2c([N+](=O)[O-])c(C)nn2C)o1. The highest BCUT2D eigenvalue weighted by Gasteiger charge is 2.30. The molecule has 1 unspecified atom stereocenters. The summed E-state index contributed by atoms with van der Waals surface area (Å²) in [5.74, 6) is 1.34. The Morgan fingerprint density at radius 2 is 2.19 bits per heavy atom. The lowest BCUT2D eigenvalue weighted by atomic mass is 10.0. The van der Waals surface area contributed by atoms with Crippen LogP contribution in [0.1, 0.15) is 24.1 Å². The van der Waals surface area contributed by atoms with Gasteiger partial charge in [-0.2, -0.15) is 5.10 Å². The van der Waals surface area contributed by atoms with Crippen LogP contribution in [-0.4, -0.2) is 26.4 Å². The van der Waals surface area contributed by atoms with Crippen LogP contribution in [0.5, 0.6) is 0 Å². The average molecular weight is 294 g/mol. The van der Waals surface area contributed by atoms with Crippen molar-refractivity contribution in [3.8, 4) is 0 Å². The van der Waals surface area contributed by atoms with E-state index < -0.39 is 10.5 Å². The third-order valence-electron chi connectivity index (χ3n) is 3.24. The fourth-order valence-corrected chi connectivity index (χ4v) is 2.13. The monoisotopic (exact) mass is 294 g/mol. The van der Waals surface area contributed by atoms with E-state index in [1.165, 1.54) is 4.68 Å². The Morgan fingerprint density at radius 1 is 1.52 bits per heavy atom. The molecule has 0 amide bonds. The summed E-state index contributed by atoms with van der Waals surface area (Å²) in [6.07, 6.45) is 0. The van der Waals surface area contributed by atoms with Gasteiger partial charge in [0, 0.05) is 7.05 Å². The summed E-state index contributed by atoms with van der Waals surface area (Å²) in [5.41, 5.74) is -1.07. The number of nitrogens with zero attached hydrogens (tertiary/aromatic N) is 3. The van der Waals surface area contributed by atoms with Gasteiger partial charge in [-0.15, -0.1) is 0 Å². The molecule has 0 saturated carbocycles. The van der Waals surface area contributed by atoms with Gasteiger partial charge in [-0.3, -0.25) is 10.1 Å².